The number of carboxylic acids is 1. The highest BCUT2D eigenvalue weighted by Gasteiger charge is 2.13. The third kappa shape index (κ3) is 3.35. The summed E-state index contributed by atoms with van der Waals surface area (Å²) in [4.78, 5) is 22.9. The first-order valence-electron chi connectivity index (χ1n) is 5.55. The van der Waals surface area contributed by atoms with Crippen LogP contribution in [0.15, 0.2) is 35.1 Å². The molecule has 0 fully saturated rings. The topological polar surface area (TPSA) is 96.2 Å². The minimum atomic E-state index is -1.12. The SMILES string of the molecule is Cn1cc(NC(=O)Nc2cc(Br)ccc2C(=O)O)cn1. The summed E-state index contributed by atoms with van der Waals surface area (Å²) in [5, 5.41) is 18.0. The van der Waals surface area contributed by atoms with Crippen molar-refractivity contribution in [3.63, 3.8) is 0 Å². The first-order chi connectivity index (χ1) is 9.45. The standard InChI is InChI=1S/C12H11BrN4O3/c1-17-6-8(5-14-17)15-12(20)16-10-4-7(13)2-3-9(10)11(18)19/h2-6H,1H3,(H,18,19)(H2,15,16,20). The van der Waals surface area contributed by atoms with Crippen LogP contribution < -0.4 is 10.6 Å². The number of carbonyl (C=O) groups is 2. The summed E-state index contributed by atoms with van der Waals surface area (Å²) in [5.41, 5.74) is 0.722. The summed E-state index contributed by atoms with van der Waals surface area (Å²) in [7, 11) is 1.72. The van der Waals surface area contributed by atoms with Gasteiger partial charge in [-0.1, -0.05) is 15.9 Å². The van der Waals surface area contributed by atoms with Gasteiger partial charge in [0, 0.05) is 17.7 Å². The number of halogens is 1. The van der Waals surface area contributed by atoms with Crippen LogP contribution in [0.1, 0.15) is 10.4 Å². The third-order valence-electron chi connectivity index (χ3n) is 2.42. The molecule has 8 heteroatoms. The maximum atomic E-state index is 11.8. The molecule has 0 unspecified atom stereocenters. The maximum Gasteiger partial charge on any atom is 0.337 e. The molecule has 0 aliphatic carbocycles. The zero-order valence-corrected chi connectivity index (χ0v) is 12.0. The number of benzene rings is 1. The van der Waals surface area contributed by atoms with Crippen molar-refractivity contribution in [3.05, 3.63) is 40.6 Å². The molecule has 0 aliphatic heterocycles. The Hall–Kier alpha value is -2.35. The van der Waals surface area contributed by atoms with Gasteiger partial charge in [0.25, 0.3) is 0 Å². The van der Waals surface area contributed by atoms with E-state index < -0.39 is 12.0 Å². The minimum absolute atomic E-state index is 0.00883. The maximum absolute atomic E-state index is 11.8. The number of carbonyl (C=O) groups excluding carboxylic acids is 1. The first kappa shape index (κ1) is 14.1. The van der Waals surface area contributed by atoms with Crippen molar-refractivity contribution >= 4 is 39.3 Å². The number of urea groups is 1. The number of hydrogen-bond acceptors (Lipinski definition) is 3. The molecule has 1 aromatic heterocycles. The molecular formula is C12H11BrN4O3. The smallest absolute Gasteiger partial charge is 0.337 e. The highest BCUT2D eigenvalue weighted by molar-refractivity contribution is 9.10. The quantitative estimate of drug-likeness (QED) is 0.801. The number of aromatic carboxylic acids is 1. The van der Waals surface area contributed by atoms with Gasteiger partial charge in [-0.05, 0) is 18.2 Å². The second kappa shape index (κ2) is 5.74. The van der Waals surface area contributed by atoms with Crippen molar-refractivity contribution in [3.8, 4) is 0 Å². The molecular weight excluding hydrogens is 328 g/mol. The fourth-order valence-corrected chi connectivity index (χ4v) is 1.94. The lowest BCUT2D eigenvalue weighted by atomic mass is 10.2. The van der Waals surface area contributed by atoms with Crippen LogP contribution in [-0.4, -0.2) is 26.9 Å². The molecule has 20 heavy (non-hydrogen) atoms. The molecule has 3 N–H and O–H groups in total. The second-order valence-corrected chi connectivity index (χ2v) is 4.89. The van der Waals surface area contributed by atoms with E-state index in [1.807, 2.05) is 0 Å². The summed E-state index contributed by atoms with van der Waals surface area (Å²) >= 11 is 3.23. The Morgan fingerprint density at radius 2 is 2.10 bits per heavy atom. The fraction of sp³-hybridized carbons (Fsp3) is 0.0833. The monoisotopic (exact) mass is 338 g/mol. The van der Waals surface area contributed by atoms with E-state index in [1.54, 1.807) is 19.3 Å². The number of rotatable bonds is 3. The third-order valence-corrected chi connectivity index (χ3v) is 2.92. The Labute approximate surface area is 122 Å². The molecule has 2 amide bonds. The normalized spacial score (nSPS) is 10.1. The van der Waals surface area contributed by atoms with Gasteiger partial charge in [0.15, 0.2) is 0 Å². The van der Waals surface area contributed by atoms with Gasteiger partial charge in [0.2, 0.25) is 0 Å². The van der Waals surface area contributed by atoms with Crippen molar-refractivity contribution in [1.82, 2.24) is 9.78 Å². The molecule has 104 valence electrons. The van der Waals surface area contributed by atoms with Gasteiger partial charge < -0.3 is 15.7 Å². The number of nitrogens with one attached hydrogen (secondary N) is 2. The van der Waals surface area contributed by atoms with Gasteiger partial charge in [0.1, 0.15) is 0 Å². The molecule has 0 spiro atoms. The summed E-state index contributed by atoms with van der Waals surface area (Å²) in [6.07, 6.45) is 3.11. The van der Waals surface area contributed by atoms with Crippen LogP contribution in [0.4, 0.5) is 16.2 Å². The number of carboxylic acid groups (broad SMARTS) is 1. The summed E-state index contributed by atoms with van der Waals surface area (Å²) < 4.78 is 2.20. The number of nitrogens with zero attached hydrogens (tertiary/aromatic N) is 2. The van der Waals surface area contributed by atoms with Gasteiger partial charge in [-0.3, -0.25) is 4.68 Å². The van der Waals surface area contributed by atoms with E-state index in [2.05, 4.69) is 31.7 Å². The van der Waals surface area contributed by atoms with Crippen molar-refractivity contribution in [2.45, 2.75) is 0 Å². The average molecular weight is 339 g/mol. The predicted octanol–water partition coefficient (Wildman–Crippen LogP) is 2.52. The van der Waals surface area contributed by atoms with E-state index in [0.29, 0.717) is 10.2 Å². The predicted molar refractivity (Wildman–Crippen MR) is 77.0 cm³/mol. The Morgan fingerprint density at radius 3 is 2.70 bits per heavy atom. The van der Waals surface area contributed by atoms with Gasteiger partial charge in [-0.25, -0.2) is 9.59 Å². The molecule has 0 bridgehead atoms. The number of amides is 2. The Balaban J connectivity index is 2.15. The van der Waals surface area contributed by atoms with Crippen LogP contribution in [0, 0.1) is 0 Å². The van der Waals surface area contributed by atoms with Gasteiger partial charge >= 0.3 is 12.0 Å². The zero-order chi connectivity index (χ0) is 14.7. The van der Waals surface area contributed by atoms with E-state index in [9.17, 15) is 9.59 Å². The van der Waals surface area contributed by atoms with Gasteiger partial charge in [0.05, 0.1) is 23.1 Å². The van der Waals surface area contributed by atoms with E-state index in [-0.39, 0.29) is 11.3 Å². The lowest BCUT2D eigenvalue weighted by Gasteiger charge is -2.09. The number of anilines is 2. The van der Waals surface area contributed by atoms with E-state index in [0.717, 1.165) is 0 Å². The lowest BCUT2D eigenvalue weighted by Crippen LogP contribution is -2.20. The highest BCUT2D eigenvalue weighted by atomic mass is 79.9. The molecule has 0 saturated carbocycles. The molecule has 0 saturated heterocycles. The molecule has 0 aliphatic rings. The Morgan fingerprint density at radius 1 is 1.35 bits per heavy atom. The molecule has 0 radical (unpaired) electrons. The van der Waals surface area contributed by atoms with Crippen molar-refractivity contribution in [1.29, 1.82) is 0 Å². The lowest BCUT2D eigenvalue weighted by molar-refractivity contribution is 0.0698. The van der Waals surface area contributed by atoms with Crippen molar-refractivity contribution in [2.75, 3.05) is 10.6 Å². The highest BCUT2D eigenvalue weighted by Crippen LogP contribution is 2.21. The molecule has 7 nitrogen and oxygen atoms in total. The van der Waals surface area contributed by atoms with Gasteiger partial charge in [-0.15, -0.1) is 0 Å². The van der Waals surface area contributed by atoms with Crippen LogP contribution in [0.5, 0.6) is 0 Å². The van der Waals surface area contributed by atoms with E-state index in [4.69, 9.17) is 5.11 Å². The van der Waals surface area contributed by atoms with E-state index >= 15 is 0 Å². The second-order valence-electron chi connectivity index (χ2n) is 3.98. The fourth-order valence-electron chi connectivity index (χ4n) is 1.58. The van der Waals surface area contributed by atoms with Crippen LogP contribution in [0.2, 0.25) is 0 Å². The van der Waals surface area contributed by atoms with Crippen molar-refractivity contribution < 1.29 is 14.7 Å². The molecule has 2 aromatic rings. The summed E-state index contributed by atoms with van der Waals surface area (Å²) in [6, 6.07) is 3.98. The zero-order valence-electron chi connectivity index (χ0n) is 10.4. The molecule has 1 aromatic carbocycles. The summed E-state index contributed by atoms with van der Waals surface area (Å²) in [5.74, 6) is -1.12. The minimum Gasteiger partial charge on any atom is -0.478 e. The largest absolute Gasteiger partial charge is 0.478 e. The molecule has 1 heterocycles. The average Bonchev–Trinajstić information content (AvgIpc) is 2.74. The summed E-state index contributed by atoms with van der Waals surface area (Å²) in [6.45, 7) is 0. The van der Waals surface area contributed by atoms with Crippen LogP contribution >= 0.6 is 15.9 Å². The number of aromatic nitrogens is 2. The van der Waals surface area contributed by atoms with Crippen LogP contribution in [0.3, 0.4) is 0 Å². The number of hydrogen-bond donors (Lipinski definition) is 3. The Bertz CT molecular complexity index is 668. The van der Waals surface area contributed by atoms with Crippen LogP contribution in [0.25, 0.3) is 0 Å². The van der Waals surface area contributed by atoms with E-state index in [1.165, 1.54) is 23.0 Å². The van der Waals surface area contributed by atoms with Crippen molar-refractivity contribution in [2.24, 2.45) is 7.05 Å². The number of aryl methyl sites for hydroxylation is 1. The van der Waals surface area contributed by atoms with Gasteiger partial charge in [-0.2, -0.15) is 5.10 Å². The molecule has 0 atom stereocenters. The Kier molecular flexibility index (Phi) is 4.04. The van der Waals surface area contributed by atoms with Crippen LogP contribution in [-0.2, 0) is 7.05 Å². The first-order valence-corrected chi connectivity index (χ1v) is 6.34. The molecule has 2 rings (SSSR count).